The first-order valence-corrected chi connectivity index (χ1v) is 4.67. The maximum atomic E-state index is 10.5. The van der Waals surface area contributed by atoms with Gasteiger partial charge in [-0.25, -0.2) is 5.01 Å². The first kappa shape index (κ1) is 12.8. The molecule has 0 amide bonds. The molecule has 0 radical (unpaired) electrons. The fourth-order valence-electron chi connectivity index (χ4n) is 1.28. The lowest BCUT2D eigenvalue weighted by Crippen LogP contribution is -2.23. The third-order valence-electron chi connectivity index (χ3n) is 2.05. The molecule has 0 fully saturated rings. The normalized spacial score (nSPS) is 9.53. The minimum atomic E-state index is -1.15. The molecular weight excluding hydrogens is 228 g/mol. The number of benzene rings is 1. The Kier molecular flexibility index (Phi) is 4.27. The Labute approximate surface area is 97.5 Å². The molecule has 0 aliphatic rings. The molecule has 0 unspecified atom stereocenters. The highest BCUT2D eigenvalue weighted by Gasteiger charge is 2.13. The van der Waals surface area contributed by atoms with Crippen molar-refractivity contribution < 1.29 is 19.4 Å². The molecule has 0 aliphatic heterocycles. The van der Waals surface area contributed by atoms with Gasteiger partial charge in [0.05, 0.1) is 25.2 Å². The van der Waals surface area contributed by atoms with Crippen LogP contribution in [0.3, 0.4) is 0 Å². The van der Waals surface area contributed by atoms with Crippen molar-refractivity contribution in [1.29, 1.82) is 0 Å². The van der Waals surface area contributed by atoms with Crippen LogP contribution in [-0.4, -0.2) is 31.8 Å². The maximum absolute atomic E-state index is 10.5. The fraction of sp³-hybridized carbons (Fsp3) is 0.300. The predicted molar refractivity (Wildman–Crippen MR) is 60.3 cm³/mol. The highest BCUT2D eigenvalue weighted by atomic mass is 16.5. The van der Waals surface area contributed by atoms with E-state index < -0.39 is 12.5 Å². The Morgan fingerprint density at radius 2 is 2.00 bits per heavy atom. The van der Waals surface area contributed by atoms with Crippen molar-refractivity contribution in [2.24, 2.45) is 5.29 Å². The van der Waals surface area contributed by atoms with Gasteiger partial charge in [0, 0.05) is 6.07 Å². The molecule has 0 atom stereocenters. The van der Waals surface area contributed by atoms with E-state index in [0.29, 0.717) is 17.2 Å². The van der Waals surface area contributed by atoms with Gasteiger partial charge in [-0.2, -0.15) is 0 Å². The van der Waals surface area contributed by atoms with Gasteiger partial charge in [0.1, 0.15) is 6.54 Å². The summed E-state index contributed by atoms with van der Waals surface area (Å²) in [6.45, 7) is -0.515. The largest absolute Gasteiger partial charge is 0.493 e. The van der Waals surface area contributed by atoms with Crippen LogP contribution in [0.5, 0.6) is 11.5 Å². The van der Waals surface area contributed by atoms with Gasteiger partial charge in [-0.3, -0.25) is 4.79 Å². The van der Waals surface area contributed by atoms with Gasteiger partial charge in [0.2, 0.25) is 0 Å². The lowest BCUT2D eigenvalue weighted by molar-refractivity contribution is -0.135. The van der Waals surface area contributed by atoms with Crippen LogP contribution in [0.2, 0.25) is 0 Å². The predicted octanol–water partition coefficient (Wildman–Crippen LogP) is 1.28. The topological polar surface area (TPSA) is 88.4 Å². The summed E-state index contributed by atoms with van der Waals surface area (Å²) in [4.78, 5) is 21.1. The molecule has 0 aromatic heterocycles. The zero-order chi connectivity index (χ0) is 12.8. The van der Waals surface area contributed by atoms with Gasteiger partial charge < -0.3 is 14.6 Å². The van der Waals surface area contributed by atoms with Crippen molar-refractivity contribution in [3.05, 3.63) is 23.1 Å². The number of hydrogen-bond donors (Lipinski definition) is 1. The van der Waals surface area contributed by atoms with E-state index in [9.17, 15) is 9.70 Å². The van der Waals surface area contributed by atoms with E-state index in [1.165, 1.54) is 26.4 Å². The second-order valence-corrected chi connectivity index (χ2v) is 3.07. The summed E-state index contributed by atoms with van der Waals surface area (Å²) in [5.41, 5.74) is 0.319. The molecule has 1 aromatic carbocycles. The van der Waals surface area contributed by atoms with Gasteiger partial charge in [0.15, 0.2) is 11.5 Å². The summed E-state index contributed by atoms with van der Waals surface area (Å²) in [5, 5.41) is 12.1. The Morgan fingerprint density at radius 3 is 2.47 bits per heavy atom. The quantitative estimate of drug-likeness (QED) is 0.595. The standard InChI is InChI=1S/C10H12N2O5/c1-16-8-4-3-7(5-9(8)17-2)12(11-15)6-10(13)14/h3-5H,6H2,1-2H3,(H,13,14). The molecule has 17 heavy (non-hydrogen) atoms. The molecule has 92 valence electrons. The number of ether oxygens (including phenoxy) is 2. The average Bonchev–Trinajstić information content (AvgIpc) is 2.34. The molecular formula is C10H12N2O5. The zero-order valence-electron chi connectivity index (χ0n) is 9.41. The van der Waals surface area contributed by atoms with Gasteiger partial charge in [-0.15, -0.1) is 4.91 Å². The number of anilines is 1. The maximum Gasteiger partial charge on any atom is 0.325 e. The Balaban J connectivity index is 3.04. The highest BCUT2D eigenvalue weighted by Crippen LogP contribution is 2.31. The summed E-state index contributed by atoms with van der Waals surface area (Å²) in [6, 6.07) is 4.56. The molecule has 0 heterocycles. The van der Waals surface area contributed by atoms with Crippen LogP contribution in [0.4, 0.5) is 5.69 Å². The summed E-state index contributed by atoms with van der Waals surface area (Å²) < 4.78 is 10.1. The van der Waals surface area contributed by atoms with Crippen LogP contribution < -0.4 is 14.5 Å². The SMILES string of the molecule is COc1ccc(N(CC(=O)O)N=O)cc1OC. The summed E-state index contributed by atoms with van der Waals surface area (Å²) in [5.74, 6) is -0.277. The van der Waals surface area contributed by atoms with Crippen molar-refractivity contribution in [2.75, 3.05) is 25.8 Å². The van der Waals surface area contributed by atoms with Gasteiger partial charge in [0.25, 0.3) is 0 Å². The molecule has 0 saturated heterocycles. The smallest absolute Gasteiger partial charge is 0.325 e. The Bertz CT molecular complexity index is 421. The van der Waals surface area contributed by atoms with Crippen LogP contribution in [0.15, 0.2) is 23.5 Å². The minimum absolute atomic E-state index is 0.319. The number of hydrogen-bond acceptors (Lipinski definition) is 5. The molecule has 1 N–H and O–H groups in total. The molecule has 0 aliphatic carbocycles. The third-order valence-corrected chi connectivity index (χ3v) is 2.05. The molecule has 7 heteroatoms. The van der Waals surface area contributed by atoms with Gasteiger partial charge in [-0.05, 0) is 12.1 Å². The van der Waals surface area contributed by atoms with Crippen molar-refractivity contribution in [3.63, 3.8) is 0 Å². The van der Waals surface area contributed by atoms with Crippen LogP contribution in [0.25, 0.3) is 0 Å². The molecule has 0 saturated carbocycles. The molecule has 1 rings (SSSR count). The van der Waals surface area contributed by atoms with Gasteiger partial charge in [-0.1, -0.05) is 0 Å². The monoisotopic (exact) mass is 240 g/mol. The highest BCUT2D eigenvalue weighted by molar-refractivity contribution is 5.74. The van der Waals surface area contributed by atoms with Crippen molar-refractivity contribution in [1.82, 2.24) is 0 Å². The third kappa shape index (κ3) is 3.07. The number of nitrogens with zero attached hydrogens (tertiary/aromatic N) is 2. The average molecular weight is 240 g/mol. The van der Waals surface area contributed by atoms with Crippen molar-refractivity contribution >= 4 is 11.7 Å². The molecule has 1 aromatic rings. The number of nitroso groups, excluding NO2 is 1. The lowest BCUT2D eigenvalue weighted by Gasteiger charge is -2.15. The summed E-state index contributed by atoms with van der Waals surface area (Å²) >= 11 is 0. The fourth-order valence-corrected chi connectivity index (χ4v) is 1.28. The van der Waals surface area contributed by atoms with E-state index in [1.54, 1.807) is 6.07 Å². The number of aliphatic carboxylic acids is 1. The zero-order valence-corrected chi connectivity index (χ0v) is 9.41. The second kappa shape index (κ2) is 5.69. The van der Waals surface area contributed by atoms with Crippen molar-refractivity contribution in [3.8, 4) is 11.5 Å². The number of carboxylic acid groups (broad SMARTS) is 1. The second-order valence-electron chi connectivity index (χ2n) is 3.07. The lowest BCUT2D eigenvalue weighted by atomic mass is 10.2. The van der Waals surface area contributed by atoms with E-state index in [-0.39, 0.29) is 0 Å². The number of rotatable bonds is 6. The molecule has 0 bridgehead atoms. The van der Waals surface area contributed by atoms with E-state index in [2.05, 4.69) is 5.29 Å². The van der Waals surface area contributed by atoms with E-state index in [0.717, 1.165) is 5.01 Å². The first-order chi connectivity index (χ1) is 8.12. The molecule has 0 spiro atoms. The van der Waals surface area contributed by atoms with Crippen LogP contribution >= 0.6 is 0 Å². The van der Waals surface area contributed by atoms with E-state index in [4.69, 9.17) is 14.6 Å². The number of methoxy groups -OCH3 is 2. The number of carbonyl (C=O) groups is 1. The molecule has 7 nitrogen and oxygen atoms in total. The van der Waals surface area contributed by atoms with E-state index >= 15 is 0 Å². The van der Waals surface area contributed by atoms with Crippen LogP contribution in [-0.2, 0) is 4.79 Å². The summed E-state index contributed by atoms with van der Waals surface area (Å²) in [7, 11) is 2.92. The first-order valence-electron chi connectivity index (χ1n) is 4.67. The van der Waals surface area contributed by atoms with Crippen molar-refractivity contribution in [2.45, 2.75) is 0 Å². The Morgan fingerprint density at radius 1 is 1.35 bits per heavy atom. The van der Waals surface area contributed by atoms with Crippen LogP contribution in [0.1, 0.15) is 0 Å². The minimum Gasteiger partial charge on any atom is -0.493 e. The van der Waals surface area contributed by atoms with Gasteiger partial charge >= 0.3 is 5.97 Å². The van der Waals surface area contributed by atoms with E-state index in [1.807, 2.05) is 0 Å². The number of carboxylic acids is 1. The Hall–Kier alpha value is -2.31. The van der Waals surface area contributed by atoms with Crippen LogP contribution in [0, 0.1) is 4.91 Å². The summed E-state index contributed by atoms with van der Waals surface area (Å²) in [6.07, 6.45) is 0.